The minimum Gasteiger partial charge on any atom is -0.481 e. The fourth-order valence-electron chi connectivity index (χ4n) is 4.26. The van der Waals surface area contributed by atoms with Gasteiger partial charge in [0, 0.05) is 26.2 Å². The summed E-state index contributed by atoms with van der Waals surface area (Å²) in [5.41, 5.74) is 12.1. The standard InChI is InChI=1S/C28H31N5O3.3ClH/c1-17-27(29)32-23-11-21(6-8-25(23)35-17)15-30-13-19-4-3-5-20(10-19)14-31-16-22-7-9-26-24(12-22)33-28(34)18(2)36-26;;;/h3-12,17-18,30-31H,13-16H2,1-2H3,(H2,29,32)(H,33,34);3*1H. The summed E-state index contributed by atoms with van der Waals surface area (Å²) in [4.78, 5) is 16.3. The van der Waals surface area contributed by atoms with Crippen LogP contribution in [-0.2, 0) is 31.0 Å². The van der Waals surface area contributed by atoms with E-state index in [0.29, 0.717) is 18.1 Å². The summed E-state index contributed by atoms with van der Waals surface area (Å²) in [5.74, 6) is 1.86. The van der Waals surface area contributed by atoms with Crippen molar-refractivity contribution in [1.82, 2.24) is 10.6 Å². The highest BCUT2D eigenvalue weighted by molar-refractivity contribution is 5.97. The summed E-state index contributed by atoms with van der Waals surface area (Å²) in [6, 6.07) is 20.4. The third-order valence-corrected chi connectivity index (χ3v) is 6.28. The smallest absolute Gasteiger partial charge is 0.265 e. The number of amides is 1. The number of carbonyl (C=O) groups excluding carboxylic acids is 1. The third-order valence-electron chi connectivity index (χ3n) is 6.28. The lowest BCUT2D eigenvalue weighted by Gasteiger charge is -2.23. The quantitative estimate of drug-likeness (QED) is 0.292. The van der Waals surface area contributed by atoms with Gasteiger partial charge in [0.1, 0.15) is 23.0 Å². The molecule has 0 radical (unpaired) electrons. The van der Waals surface area contributed by atoms with Gasteiger partial charge < -0.3 is 31.2 Å². The Balaban J connectivity index is 0.00000178. The van der Waals surface area contributed by atoms with Gasteiger partial charge in [-0.3, -0.25) is 4.79 Å². The van der Waals surface area contributed by atoms with E-state index < -0.39 is 6.10 Å². The van der Waals surface area contributed by atoms with Crippen molar-refractivity contribution >= 4 is 60.3 Å². The number of hydrogen-bond acceptors (Lipinski definition) is 7. The molecule has 3 aromatic rings. The minimum absolute atomic E-state index is 0. The molecular formula is C28H34Cl3N5O3. The predicted octanol–water partition coefficient (Wildman–Crippen LogP) is 5.02. The number of aliphatic imine (C=N–C) groups is 1. The predicted molar refractivity (Wildman–Crippen MR) is 162 cm³/mol. The molecule has 0 aromatic heterocycles. The van der Waals surface area contributed by atoms with Crippen molar-refractivity contribution in [1.29, 1.82) is 0 Å². The Labute approximate surface area is 247 Å². The van der Waals surface area contributed by atoms with Gasteiger partial charge in [-0.2, -0.15) is 0 Å². The average Bonchev–Trinajstić information content (AvgIpc) is 2.86. The Kier molecular flexibility index (Phi) is 11.9. The largest absolute Gasteiger partial charge is 0.481 e. The molecule has 0 aliphatic carbocycles. The fraction of sp³-hybridized carbons (Fsp3) is 0.286. The van der Waals surface area contributed by atoms with Gasteiger partial charge in [0.05, 0.1) is 5.69 Å². The zero-order valence-electron chi connectivity index (χ0n) is 21.7. The van der Waals surface area contributed by atoms with E-state index in [1.54, 1.807) is 6.92 Å². The van der Waals surface area contributed by atoms with Crippen LogP contribution in [0.2, 0.25) is 0 Å². The molecule has 210 valence electrons. The number of fused-ring (bicyclic) bond motifs is 2. The molecule has 2 aliphatic rings. The molecule has 5 rings (SSSR count). The van der Waals surface area contributed by atoms with E-state index in [0.717, 1.165) is 47.9 Å². The molecule has 2 atom stereocenters. The molecule has 3 aromatic carbocycles. The van der Waals surface area contributed by atoms with Crippen LogP contribution in [-0.4, -0.2) is 24.0 Å². The van der Waals surface area contributed by atoms with Crippen LogP contribution in [0.15, 0.2) is 65.7 Å². The lowest BCUT2D eigenvalue weighted by molar-refractivity contribution is -0.122. The summed E-state index contributed by atoms with van der Waals surface area (Å²) in [6.45, 7) is 6.55. The lowest BCUT2D eigenvalue weighted by atomic mass is 10.1. The first-order chi connectivity index (χ1) is 17.4. The maximum absolute atomic E-state index is 11.9. The third kappa shape index (κ3) is 8.00. The van der Waals surface area contributed by atoms with Crippen LogP contribution in [0.25, 0.3) is 0 Å². The number of nitrogens with one attached hydrogen (secondary N) is 3. The molecule has 0 spiro atoms. The Hall–Kier alpha value is -3.01. The minimum atomic E-state index is -0.465. The highest BCUT2D eigenvalue weighted by Crippen LogP contribution is 2.33. The highest BCUT2D eigenvalue weighted by atomic mass is 35.5. The van der Waals surface area contributed by atoms with Gasteiger partial charge in [0.15, 0.2) is 12.2 Å². The second-order valence-corrected chi connectivity index (χ2v) is 9.21. The van der Waals surface area contributed by atoms with Crippen molar-refractivity contribution in [2.45, 2.75) is 52.2 Å². The molecule has 2 unspecified atom stereocenters. The number of nitrogens with two attached hydrogens (primary N) is 1. The summed E-state index contributed by atoms with van der Waals surface area (Å²) in [6.07, 6.45) is -0.657. The van der Waals surface area contributed by atoms with Crippen molar-refractivity contribution in [2.75, 3.05) is 5.32 Å². The monoisotopic (exact) mass is 593 g/mol. The number of ether oxygens (including phenoxy) is 2. The van der Waals surface area contributed by atoms with Crippen LogP contribution in [0.3, 0.4) is 0 Å². The zero-order chi connectivity index (χ0) is 25.1. The molecule has 1 amide bonds. The van der Waals surface area contributed by atoms with Crippen LogP contribution in [0.5, 0.6) is 11.5 Å². The molecule has 39 heavy (non-hydrogen) atoms. The lowest BCUT2D eigenvalue weighted by Crippen LogP contribution is -2.34. The van der Waals surface area contributed by atoms with Crippen LogP contribution in [0.1, 0.15) is 36.1 Å². The Morgan fingerprint density at radius 3 is 1.95 bits per heavy atom. The van der Waals surface area contributed by atoms with Crippen molar-refractivity contribution in [3.8, 4) is 11.5 Å². The number of hydrogen-bond donors (Lipinski definition) is 4. The molecule has 0 bridgehead atoms. The summed E-state index contributed by atoms with van der Waals surface area (Å²) in [5, 5.41) is 9.88. The van der Waals surface area contributed by atoms with Crippen molar-refractivity contribution in [3.63, 3.8) is 0 Å². The number of carbonyl (C=O) groups is 1. The number of halogens is 3. The maximum Gasteiger partial charge on any atom is 0.265 e. The van der Waals surface area contributed by atoms with Crippen LogP contribution in [0, 0.1) is 0 Å². The molecule has 0 fully saturated rings. The van der Waals surface area contributed by atoms with Crippen molar-refractivity contribution < 1.29 is 14.3 Å². The van der Waals surface area contributed by atoms with Gasteiger partial charge >= 0.3 is 0 Å². The second kappa shape index (κ2) is 14.4. The molecule has 0 saturated carbocycles. The SMILES string of the molecule is CC1Oc2ccc(CNCc3cccc(CNCc4ccc5c(c4)N=C(N)C(C)O5)c3)cc2NC1=O.Cl.Cl.Cl. The van der Waals surface area contributed by atoms with Gasteiger partial charge in [-0.05, 0) is 60.4 Å². The number of anilines is 1. The van der Waals surface area contributed by atoms with E-state index in [1.807, 2.05) is 37.3 Å². The Morgan fingerprint density at radius 2 is 1.31 bits per heavy atom. The summed E-state index contributed by atoms with van der Waals surface area (Å²) < 4.78 is 11.4. The van der Waals surface area contributed by atoms with Gasteiger partial charge in [-0.15, -0.1) is 37.2 Å². The molecule has 2 aliphatic heterocycles. The van der Waals surface area contributed by atoms with Crippen LogP contribution >= 0.6 is 37.2 Å². The Bertz CT molecular complexity index is 1320. The van der Waals surface area contributed by atoms with E-state index >= 15 is 0 Å². The van der Waals surface area contributed by atoms with Gasteiger partial charge in [0.2, 0.25) is 0 Å². The van der Waals surface area contributed by atoms with Gasteiger partial charge in [-0.1, -0.05) is 36.4 Å². The first-order valence-corrected chi connectivity index (χ1v) is 12.2. The second-order valence-electron chi connectivity index (χ2n) is 9.21. The van der Waals surface area contributed by atoms with E-state index in [-0.39, 0.29) is 49.2 Å². The molecule has 8 nitrogen and oxygen atoms in total. The average molecular weight is 595 g/mol. The van der Waals surface area contributed by atoms with Crippen LogP contribution in [0.4, 0.5) is 11.4 Å². The first-order valence-electron chi connectivity index (χ1n) is 12.2. The zero-order valence-corrected chi connectivity index (χ0v) is 24.2. The molecular weight excluding hydrogens is 561 g/mol. The normalized spacial score (nSPS) is 16.9. The number of benzene rings is 3. The Morgan fingerprint density at radius 1 is 0.769 bits per heavy atom. The van der Waals surface area contributed by atoms with E-state index in [1.165, 1.54) is 11.1 Å². The van der Waals surface area contributed by atoms with Crippen molar-refractivity contribution in [2.24, 2.45) is 10.7 Å². The van der Waals surface area contributed by atoms with E-state index in [9.17, 15) is 4.79 Å². The number of nitrogens with zero attached hydrogens (tertiary/aromatic N) is 1. The van der Waals surface area contributed by atoms with Gasteiger partial charge in [0.25, 0.3) is 5.91 Å². The number of rotatable bonds is 8. The fourth-order valence-corrected chi connectivity index (χ4v) is 4.26. The molecule has 5 N–H and O–H groups in total. The first kappa shape index (κ1) is 32.2. The van der Waals surface area contributed by atoms with Crippen molar-refractivity contribution in [3.05, 3.63) is 82.9 Å². The summed E-state index contributed by atoms with van der Waals surface area (Å²) in [7, 11) is 0. The van der Waals surface area contributed by atoms with E-state index in [4.69, 9.17) is 15.2 Å². The maximum atomic E-state index is 11.9. The van der Waals surface area contributed by atoms with Crippen LogP contribution < -0.4 is 31.2 Å². The number of amidine groups is 1. The molecule has 0 saturated heterocycles. The van der Waals surface area contributed by atoms with Gasteiger partial charge in [-0.25, -0.2) is 4.99 Å². The molecule has 11 heteroatoms. The van der Waals surface area contributed by atoms with E-state index in [2.05, 4.69) is 51.3 Å². The highest BCUT2D eigenvalue weighted by Gasteiger charge is 2.23. The molecule has 2 heterocycles. The summed E-state index contributed by atoms with van der Waals surface area (Å²) >= 11 is 0. The topological polar surface area (TPSA) is 110 Å².